The lowest BCUT2D eigenvalue weighted by Crippen LogP contribution is -2.48. The van der Waals surface area contributed by atoms with Crippen molar-refractivity contribution in [3.63, 3.8) is 0 Å². The average Bonchev–Trinajstić information content (AvgIpc) is 3.09. The number of carbonyl (C=O) groups is 2. The first kappa shape index (κ1) is 16.8. The van der Waals surface area contributed by atoms with Gasteiger partial charge in [-0.2, -0.15) is 0 Å². The Morgan fingerprint density at radius 3 is 2.32 bits per heavy atom. The Hall–Kier alpha value is -1.59. The van der Waals surface area contributed by atoms with E-state index in [1.807, 2.05) is 24.3 Å². The van der Waals surface area contributed by atoms with E-state index in [9.17, 15) is 9.59 Å². The van der Waals surface area contributed by atoms with Crippen molar-refractivity contribution >= 4 is 35.6 Å². The first-order chi connectivity index (χ1) is 10.1. The molecular weight excluding hydrogens is 302 g/mol. The Balaban J connectivity index is 0.00000176. The number of carbonyl (C=O) groups excluding carboxylic acids is 2. The molecule has 1 aromatic rings. The molecule has 5 nitrogen and oxygen atoms in total. The molecule has 6 heteroatoms. The maximum Gasteiger partial charge on any atom is 0.244 e. The Labute approximate surface area is 136 Å². The first-order valence-electron chi connectivity index (χ1n) is 7.59. The molecule has 0 bridgehead atoms. The summed E-state index contributed by atoms with van der Waals surface area (Å²) in [5, 5.41) is 2.89. The third kappa shape index (κ3) is 3.25. The molecule has 0 spiro atoms. The predicted octanol–water partition coefficient (Wildman–Crippen LogP) is 2.45. The van der Waals surface area contributed by atoms with Gasteiger partial charge in [-0.1, -0.05) is 12.8 Å². The van der Waals surface area contributed by atoms with Gasteiger partial charge in [-0.15, -0.1) is 12.4 Å². The van der Waals surface area contributed by atoms with Crippen LogP contribution in [0.2, 0.25) is 0 Å². The molecule has 120 valence electrons. The summed E-state index contributed by atoms with van der Waals surface area (Å²) in [6, 6.07) is 7.40. The Morgan fingerprint density at radius 1 is 1.14 bits per heavy atom. The van der Waals surface area contributed by atoms with Crippen LogP contribution in [-0.2, 0) is 9.59 Å². The van der Waals surface area contributed by atoms with Gasteiger partial charge in [0.1, 0.15) is 0 Å². The highest BCUT2D eigenvalue weighted by atomic mass is 35.5. The van der Waals surface area contributed by atoms with Crippen molar-refractivity contribution < 1.29 is 9.59 Å². The van der Waals surface area contributed by atoms with Gasteiger partial charge in [0.25, 0.3) is 0 Å². The lowest BCUT2D eigenvalue weighted by molar-refractivity contribution is -0.121. The van der Waals surface area contributed by atoms with Gasteiger partial charge >= 0.3 is 0 Å². The molecule has 0 radical (unpaired) electrons. The monoisotopic (exact) mass is 323 g/mol. The van der Waals surface area contributed by atoms with Gasteiger partial charge < -0.3 is 16.0 Å². The summed E-state index contributed by atoms with van der Waals surface area (Å²) in [7, 11) is 0. The fourth-order valence-electron chi connectivity index (χ4n) is 3.13. The maximum atomic E-state index is 12.2. The highest BCUT2D eigenvalue weighted by Gasteiger charge is 2.36. The van der Waals surface area contributed by atoms with Crippen LogP contribution in [0.3, 0.4) is 0 Å². The predicted molar refractivity (Wildman–Crippen MR) is 89.3 cm³/mol. The first-order valence-corrected chi connectivity index (χ1v) is 7.59. The van der Waals surface area contributed by atoms with Crippen molar-refractivity contribution in [1.82, 2.24) is 0 Å². The van der Waals surface area contributed by atoms with Crippen molar-refractivity contribution in [2.45, 2.75) is 44.1 Å². The zero-order valence-electron chi connectivity index (χ0n) is 12.5. The fourth-order valence-corrected chi connectivity index (χ4v) is 3.13. The average molecular weight is 324 g/mol. The number of hydrogen-bond donors (Lipinski definition) is 2. The maximum absolute atomic E-state index is 12.2. The molecule has 0 aromatic heterocycles. The second-order valence-corrected chi connectivity index (χ2v) is 6.01. The van der Waals surface area contributed by atoms with Gasteiger partial charge in [0.05, 0.1) is 5.54 Å². The summed E-state index contributed by atoms with van der Waals surface area (Å²) in [6.07, 6.45) is 5.06. The summed E-state index contributed by atoms with van der Waals surface area (Å²) in [6.45, 7) is 0.774. The zero-order chi connectivity index (χ0) is 14.9. The van der Waals surface area contributed by atoms with Gasteiger partial charge in [-0.3, -0.25) is 9.59 Å². The van der Waals surface area contributed by atoms with Crippen LogP contribution in [0.25, 0.3) is 0 Å². The van der Waals surface area contributed by atoms with E-state index < -0.39 is 5.54 Å². The van der Waals surface area contributed by atoms with Crippen LogP contribution in [0.4, 0.5) is 11.4 Å². The highest BCUT2D eigenvalue weighted by molar-refractivity contribution is 5.99. The molecule has 0 unspecified atom stereocenters. The summed E-state index contributed by atoms with van der Waals surface area (Å²) < 4.78 is 0. The van der Waals surface area contributed by atoms with E-state index in [0.29, 0.717) is 6.42 Å². The Morgan fingerprint density at radius 2 is 1.77 bits per heavy atom. The molecule has 0 atom stereocenters. The molecular formula is C16H22ClN3O2. The zero-order valence-corrected chi connectivity index (χ0v) is 13.3. The molecule has 2 fully saturated rings. The van der Waals surface area contributed by atoms with Gasteiger partial charge in [-0.25, -0.2) is 0 Å². The second-order valence-electron chi connectivity index (χ2n) is 6.01. The molecule has 2 amide bonds. The third-order valence-corrected chi connectivity index (χ3v) is 4.46. The van der Waals surface area contributed by atoms with Crippen molar-refractivity contribution in [3.05, 3.63) is 24.3 Å². The van der Waals surface area contributed by atoms with E-state index in [4.69, 9.17) is 5.73 Å². The minimum Gasteiger partial charge on any atom is -0.324 e. The molecule has 1 saturated heterocycles. The smallest absolute Gasteiger partial charge is 0.244 e. The van der Waals surface area contributed by atoms with E-state index in [0.717, 1.165) is 50.0 Å². The summed E-state index contributed by atoms with van der Waals surface area (Å²) in [4.78, 5) is 25.7. The molecule has 1 aromatic carbocycles. The van der Waals surface area contributed by atoms with Crippen LogP contribution >= 0.6 is 12.4 Å². The topological polar surface area (TPSA) is 75.4 Å². The standard InChI is InChI=1S/C16H21N3O2.ClH/c17-16(9-1-2-10-16)15(21)18-12-5-7-13(8-6-12)19-11-3-4-14(19)20;/h5-8H,1-4,9-11,17H2,(H,18,21);1H. The molecule has 3 N–H and O–H groups in total. The molecule has 1 aliphatic carbocycles. The molecule has 22 heavy (non-hydrogen) atoms. The van der Waals surface area contributed by atoms with Crippen molar-refractivity contribution in [2.75, 3.05) is 16.8 Å². The summed E-state index contributed by atoms with van der Waals surface area (Å²) in [5.41, 5.74) is 7.03. The van der Waals surface area contributed by atoms with E-state index in [-0.39, 0.29) is 24.2 Å². The second kappa shape index (κ2) is 6.67. The highest BCUT2D eigenvalue weighted by Crippen LogP contribution is 2.29. The fraction of sp³-hybridized carbons (Fsp3) is 0.500. The third-order valence-electron chi connectivity index (χ3n) is 4.46. The number of amides is 2. The van der Waals surface area contributed by atoms with Crippen LogP contribution < -0.4 is 16.0 Å². The number of nitrogens with two attached hydrogens (primary N) is 1. The number of nitrogens with zero attached hydrogens (tertiary/aromatic N) is 1. The van der Waals surface area contributed by atoms with Crippen molar-refractivity contribution in [2.24, 2.45) is 5.73 Å². The van der Waals surface area contributed by atoms with Crippen LogP contribution in [0.15, 0.2) is 24.3 Å². The van der Waals surface area contributed by atoms with Crippen molar-refractivity contribution in [3.8, 4) is 0 Å². The number of anilines is 2. The van der Waals surface area contributed by atoms with Crippen LogP contribution in [0.1, 0.15) is 38.5 Å². The molecule has 1 heterocycles. The molecule has 2 aliphatic rings. The Bertz CT molecular complexity index is 553. The van der Waals surface area contributed by atoms with E-state index in [2.05, 4.69) is 5.32 Å². The summed E-state index contributed by atoms with van der Waals surface area (Å²) >= 11 is 0. The van der Waals surface area contributed by atoms with Gasteiger partial charge in [0, 0.05) is 24.3 Å². The van der Waals surface area contributed by atoms with Gasteiger partial charge in [-0.05, 0) is 43.5 Å². The van der Waals surface area contributed by atoms with Gasteiger partial charge in [0.2, 0.25) is 11.8 Å². The number of benzene rings is 1. The lowest BCUT2D eigenvalue weighted by Gasteiger charge is -2.22. The normalized spacial score (nSPS) is 19.9. The van der Waals surface area contributed by atoms with Crippen LogP contribution in [0, 0.1) is 0 Å². The molecule has 1 aliphatic heterocycles. The van der Waals surface area contributed by atoms with Gasteiger partial charge in [0.15, 0.2) is 0 Å². The number of halogens is 1. The van der Waals surface area contributed by atoms with Crippen LogP contribution in [0.5, 0.6) is 0 Å². The summed E-state index contributed by atoms with van der Waals surface area (Å²) in [5.74, 6) is 0.0589. The SMILES string of the molecule is Cl.NC1(C(=O)Nc2ccc(N3CCCC3=O)cc2)CCCC1. The minimum absolute atomic E-state index is 0. The minimum atomic E-state index is -0.719. The Kier molecular flexibility index (Phi) is 5.08. The number of hydrogen-bond acceptors (Lipinski definition) is 3. The lowest BCUT2D eigenvalue weighted by atomic mass is 9.98. The number of rotatable bonds is 3. The molecule has 1 saturated carbocycles. The largest absolute Gasteiger partial charge is 0.324 e. The van der Waals surface area contributed by atoms with Crippen LogP contribution in [-0.4, -0.2) is 23.9 Å². The molecule has 3 rings (SSSR count). The van der Waals surface area contributed by atoms with E-state index in [1.54, 1.807) is 4.90 Å². The number of nitrogens with one attached hydrogen (secondary N) is 1. The van der Waals surface area contributed by atoms with E-state index in [1.165, 1.54) is 0 Å². The van der Waals surface area contributed by atoms with E-state index >= 15 is 0 Å². The quantitative estimate of drug-likeness (QED) is 0.897. The van der Waals surface area contributed by atoms with Crippen molar-refractivity contribution in [1.29, 1.82) is 0 Å².